The highest BCUT2D eigenvalue weighted by molar-refractivity contribution is 6.31. The lowest BCUT2D eigenvalue weighted by Gasteiger charge is -2.20. The van der Waals surface area contributed by atoms with Gasteiger partial charge in [-0.3, -0.25) is 0 Å². The van der Waals surface area contributed by atoms with E-state index in [1.807, 2.05) is 0 Å². The molecule has 5 heterocycles. The second-order valence-electron chi connectivity index (χ2n) is 13.1. The van der Waals surface area contributed by atoms with Gasteiger partial charge in [-0.25, -0.2) is 0 Å². The summed E-state index contributed by atoms with van der Waals surface area (Å²) < 4.78 is 7.78. The number of hydrogen-bond acceptors (Lipinski definition) is 0. The van der Waals surface area contributed by atoms with Crippen molar-refractivity contribution in [3.63, 3.8) is 0 Å². The first-order valence-corrected chi connectivity index (χ1v) is 16.2. The number of rotatable bonds is 1. The Bertz CT molecular complexity index is 2900. The molecule has 0 saturated heterocycles. The van der Waals surface area contributed by atoms with Crippen LogP contribution in [0.2, 0.25) is 0 Å². The highest BCUT2D eigenvalue weighted by atomic mass is 15.1. The Morgan fingerprint density at radius 2 is 1.36 bits per heavy atom. The molecule has 0 spiro atoms. The van der Waals surface area contributed by atoms with Crippen molar-refractivity contribution in [2.24, 2.45) is 0 Å². The zero-order chi connectivity index (χ0) is 29.0. The van der Waals surface area contributed by atoms with Gasteiger partial charge in [0.2, 0.25) is 0 Å². The van der Waals surface area contributed by atoms with E-state index in [-0.39, 0.29) is 0 Å². The smallest absolute Gasteiger partial charge is 0.0638 e. The van der Waals surface area contributed by atoms with Crippen molar-refractivity contribution < 1.29 is 0 Å². The highest BCUT2D eigenvalue weighted by Crippen LogP contribution is 2.54. The summed E-state index contributed by atoms with van der Waals surface area (Å²) in [4.78, 5) is 0. The van der Waals surface area contributed by atoms with Crippen molar-refractivity contribution in [2.75, 3.05) is 0 Å². The van der Waals surface area contributed by atoms with Gasteiger partial charge in [0.05, 0.1) is 38.8 Å². The van der Waals surface area contributed by atoms with E-state index in [9.17, 15) is 0 Å². The monoisotopic (exact) mass is 573 g/mol. The maximum atomic E-state index is 2.69. The van der Waals surface area contributed by atoms with E-state index >= 15 is 0 Å². The first-order valence-electron chi connectivity index (χ1n) is 16.2. The Labute approximate surface area is 258 Å². The van der Waals surface area contributed by atoms with Crippen molar-refractivity contribution in [3.05, 3.63) is 132 Å². The van der Waals surface area contributed by atoms with Crippen LogP contribution in [0.3, 0.4) is 0 Å². The zero-order valence-corrected chi connectivity index (χ0v) is 24.6. The molecule has 3 heteroatoms. The highest BCUT2D eigenvalue weighted by Gasteiger charge is 2.38. The van der Waals surface area contributed by atoms with Crippen molar-refractivity contribution >= 4 is 82.6 Å². The molecule has 1 aliphatic heterocycles. The average Bonchev–Trinajstić information content (AvgIpc) is 3.88. The zero-order valence-electron chi connectivity index (χ0n) is 24.6. The Balaban J connectivity index is 1.32. The molecule has 4 aromatic heterocycles. The number of aromatic nitrogens is 3. The van der Waals surface area contributed by atoms with Gasteiger partial charge in [-0.05, 0) is 49.6 Å². The molecule has 5 aromatic carbocycles. The van der Waals surface area contributed by atoms with Gasteiger partial charge in [0.15, 0.2) is 0 Å². The third kappa shape index (κ3) is 2.52. The SMILES string of the molecule is C1=CCCC(n2c3c4c(ccc3c3ccc5c(c6cccc7c8ccccc8n5c76)c32)-n2c3c(c5ccccc52)C=CCC43)=C1. The Morgan fingerprint density at radius 3 is 2.27 bits per heavy atom. The molecular formula is C42H27N3. The quantitative estimate of drug-likeness (QED) is 0.185. The summed E-state index contributed by atoms with van der Waals surface area (Å²) in [6, 6.07) is 34.4. The molecule has 0 saturated carbocycles. The Morgan fingerprint density at radius 1 is 0.578 bits per heavy atom. The second-order valence-corrected chi connectivity index (χ2v) is 13.1. The third-order valence-corrected chi connectivity index (χ3v) is 11.1. The molecule has 0 amide bonds. The summed E-state index contributed by atoms with van der Waals surface area (Å²) in [5, 5.41) is 9.45. The van der Waals surface area contributed by atoms with Crippen molar-refractivity contribution in [1.29, 1.82) is 0 Å². The number of nitrogens with zero attached hydrogens (tertiary/aromatic N) is 3. The minimum atomic E-state index is 0.341. The molecule has 0 radical (unpaired) electrons. The van der Waals surface area contributed by atoms with Crippen LogP contribution in [0.1, 0.15) is 42.0 Å². The van der Waals surface area contributed by atoms with Crippen LogP contribution in [-0.4, -0.2) is 13.5 Å². The molecule has 1 atom stereocenters. The first kappa shape index (κ1) is 22.9. The molecular weight excluding hydrogens is 546 g/mol. The van der Waals surface area contributed by atoms with E-state index in [0.717, 1.165) is 19.3 Å². The number of para-hydroxylation sites is 3. The minimum Gasteiger partial charge on any atom is -0.312 e. The van der Waals surface area contributed by atoms with Crippen molar-refractivity contribution in [1.82, 2.24) is 13.5 Å². The van der Waals surface area contributed by atoms with Gasteiger partial charge < -0.3 is 13.5 Å². The van der Waals surface area contributed by atoms with Gasteiger partial charge in [0, 0.05) is 66.1 Å². The summed E-state index contributed by atoms with van der Waals surface area (Å²) in [7, 11) is 0. The van der Waals surface area contributed by atoms with Crippen LogP contribution in [0.15, 0.2) is 115 Å². The van der Waals surface area contributed by atoms with Crippen LogP contribution in [0.4, 0.5) is 0 Å². The summed E-state index contributed by atoms with van der Waals surface area (Å²) in [6.45, 7) is 0. The van der Waals surface area contributed by atoms with Gasteiger partial charge >= 0.3 is 0 Å². The lowest BCUT2D eigenvalue weighted by atomic mass is 9.86. The first-order chi connectivity index (χ1) is 22.4. The van der Waals surface area contributed by atoms with Crippen LogP contribution in [0.5, 0.6) is 0 Å². The molecule has 45 heavy (non-hydrogen) atoms. The van der Waals surface area contributed by atoms with E-state index in [1.165, 1.54) is 99.0 Å². The molecule has 0 fully saturated rings. The largest absolute Gasteiger partial charge is 0.312 e. The minimum absolute atomic E-state index is 0.341. The molecule has 2 aliphatic carbocycles. The van der Waals surface area contributed by atoms with E-state index in [1.54, 1.807) is 0 Å². The van der Waals surface area contributed by atoms with Crippen molar-refractivity contribution in [2.45, 2.75) is 25.2 Å². The van der Waals surface area contributed by atoms with E-state index < -0.39 is 0 Å². The molecule has 9 aromatic rings. The average molecular weight is 574 g/mol. The molecule has 0 bridgehead atoms. The molecule has 0 N–H and O–H groups in total. The van der Waals surface area contributed by atoms with Crippen LogP contribution < -0.4 is 0 Å². The topological polar surface area (TPSA) is 14.3 Å². The predicted octanol–water partition coefficient (Wildman–Crippen LogP) is 10.9. The summed E-state index contributed by atoms with van der Waals surface area (Å²) in [5.74, 6) is 0.341. The fourth-order valence-electron chi connectivity index (χ4n) is 9.47. The number of fused-ring (bicyclic) bond motifs is 17. The standard InChI is InChI=1S/C42H27N3/c1-2-10-24(11-3-1)43-41-29(20-22-35-37(41)31-16-8-14-27-25-12-4-6-18-33(25)44(35)39(27)31)30-21-23-36-38(42(30)43)32-17-9-15-28-26-13-5-7-19-34(26)45(36)40(28)32/h1-2,4-10,12-16,18-23,32H,3,11,17H2. The summed E-state index contributed by atoms with van der Waals surface area (Å²) in [5.41, 5.74) is 15.1. The van der Waals surface area contributed by atoms with Gasteiger partial charge in [0.25, 0.3) is 0 Å². The van der Waals surface area contributed by atoms with Crippen LogP contribution in [-0.2, 0) is 0 Å². The maximum Gasteiger partial charge on any atom is 0.0638 e. The van der Waals surface area contributed by atoms with E-state index in [4.69, 9.17) is 0 Å². The van der Waals surface area contributed by atoms with E-state index in [2.05, 4.69) is 135 Å². The molecule has 3 nitrogen and oxygen atoms in total. The molecule has 1 unspecified atom stereocenters. The molecule has 12 rings (SSSR count). The number of allylic oxidation sites excluding steroid dienone is 5. The predicted molar refractivity (Wildman–Crippen MR) is 189 cm³/mol. The van der Waals surface area contributed by atoms with Crippen LogP contribution >= 0.6 is 0 Å². The second kappa shape index (κ2) is 7.75. The van der Waals surface area contributed by atoms with Crippen molar-refractivity contribution in [3.8, 4) is 5.69 Å². The lowest BCUT2D eigenvalue weighted by molar-refractivity contribution is 0.821. The normalized spacial score (nSPS) is 17.2. The fourth-order valence-corrected chi connectivity index (χ4v) is 9.47. The maximum absolute atomic E-state index is 2.69. The summed E-state index contributed by atoms with van der Waals surface area (Å²) in [6.07, 6.45) is 14.8. The van der Waals surface area contributed by atoms with E-state index in [0.29, 0.717) is 5.92 Å². The van der Waals surface area contributed by atoms with Gasteiger partial charge in [-0.1, -0.05) is 91.0 Å². The number of benzene rings is 5. The lowest BCUT2D eigenvalue weighted by Crippen LogP contribution is -2.05. The molecule has 3 aliphatic rings. The number of hydrogen-bond donors (Lipinski definition) is 0. The van der Waals surface area contributed by atoms with Crippen LogP contribution in [0, 0.1) is 0 Å². The Hall–Kier alpha value is -5.54. The summed E-state index contributed by atoms with van der Waals surface area (Å²) >= 11 is 0. The van der Waals surface area contributed by atoms with Crippen LogP contribution in [0.25, 0.3) is 88.3 Å². The third-order valence-electron chi connectivity index (χ3n) is 11.1. The molecule has 210 valence electrons. The van der Waals surface area contributed by atoms with Gasteiger partial charge in [-0.2, -0.15) is 0 Å². The van der Waals surface area contributed by atoms with Gasteiger partial charge in [-0.15, -0.1) is 0 Å². The Kier molecular flexibility index (Phi) is 3.95. The van der Waals surface area contributed by atoms with Gasteiger partial charge in [0.1, 0.15) is 0 Å². The fraction of sp³-hybridized carbons (Fsp3) is 0.0952.